The first-order valence-electron chi connectivity index (χ1n) is 24.3. The molecule has 348 valence electrons. The van der Waals surface area contributed by atoms with E-state index in [4.69, 9.17) is 30.1 Å². The number of ether oxygens (including phenoxy) is 2. The molecule has 3 aliphatic heterocycles. The summed E-state index contributed by atoms with van der Waals surface area (Å²) in [6.45, 7) is 26.2. The van der Waals surface area contributed by atoms with Gasteiger partial charge in [0.05, 0.1) is 7.11 Å². The van der Waals surface area contributed by atoms with Crippen molar-refractivity contribution in [2.75, 3.05) is 13.7 Å². The van der Waals surface area contributed by atoms with Crippen molar-refractivity contribution in [1.29, 1.82) is 0 Å². The van der Waals surface area contributed by atoms with Crippen molar-refractivity contribution in [3.8, 4) is 0 Å². The molecule has 2 aromatic heterocycles. The van der Waals surface area contributed by atoms with E-state index in [9.17, 15) is 14.4 Å². The molecule has 7 atom stereocenters. The van der Waals surface area contributed by atoms with E-state index in [0.717, 1.165) is 69.9 Å². The van der Waals surface area contributed by atoms with Gasteiger partial charge in [0, 0.05) is 12.0 Å². The summed E-state index contributed by atoms with van der Waals surface area (Å²) < 4.78 is 11.1. The zero-order valence-electron chi connectivity index (χ0n) is 41.4. The largest absolute Gasteiger partial charge is 2.00 e. The Morgan fingerprint density at radius 2 is 1.58 bits per heavy atom. The van der Waals surface area contributed by atoms with Gasteiger partial charge in [0.15, 0.2) is 5.78 Å². The molecule has 1 fully saturated rings. The minimum atomic E-state index is -1.20. The van der Waals surface area contributed by atoms with Crippen molar-refractivity contribution >= 4 is 58.5 Å². The van der Waals surface area contributed by atoms with Gasteiger partial charge >= 0.3 is 35.0 Å². The van der Waals surface area contributed by atoms with E-state index in [0.29, 0.717) is 46.1 Å². The summed E-state index contributed by atoms with van der Waals surface area (Å²) in [7, 11) is 1.30. The molecule has 6 rings (SSSR count). The van der Waals surface area contributed by atoms with Crippen molar-refractivity contribution in [2.45, 2.75) is 152 Å². The Morgan fingerprint density at radius 1 is 0.908 bits per heavy atom. The van der Waals surface area contributed by atoms with Crippen LogP contribution < -0.4 is 20.7 Å². The van der Waals surface area contributed by atoms with Gasteiger partial charge in [-0.05, 0) is 88.0 Å². The zero-order chi connectivity index (χ0) is 46.4. The van der Waals surface area contributed by atoms with Crippen LogP contribution in [0.5, 0.6) is 0 Å². The zero-order valence-corrected chi connectivity index (χ0v) is 42.9. The molecule has 1 saturated heterocycles. The minimum absolute atomic E-state index is 0. The Hall–Kier alpha value is -4.02. The molecule has 1 aliphatic carbocycles. The number of hydrogen-bond donors (Lipinski definition) is 0. The van der Waals surface area contributed by atoms with E-state index in [2.05, 4.69) is 75.0 Å². The normalized spacial score (nSPS) is 25.1. The first-order chi connectivity index (χ1) is 30.6. The third kappa shape index (κ3) is 11.8. The van der Waals surface area contributed by atoms with Crippen LogP contribution in [0.15, 0.2) is 53.0 Å². The number of rotatable bonds is 20. The molecule has 65 heavy (non-hydrogen) atoms. The second-order valence-electron chi connectivity index (χ2n) is 19.8. The van der Waals surface area contributed by atoms with Crippen molar-refractivity contribution < 1.29 is 23.9 Å². The molecule has 9 nitrogen and oxygen atoms in total. The summed E-state index contributed by atoms with van der Waals surface area (Å²) in [5.41, 5.74) is 9.42. The number of aromatic nitrogens is 2. The monoisotopic (exact) mass is 895 g/mol. The van der Waals surface area contributed by atoms with Gasteiger partial charge in [0.1, 0.15) is 12.5 Å². The van der Waals surface area contributed by atoms with Crippen molar-refractivity contribution in [1.82, 2.24) is 9.97 Å². The van der Waals surface area contributed by atoms with Crippen LogP contribution in [-0.2, 0) is 25.5 Å². The fraction of sp³-hybridized carbons (Fsp3) is 0.582. The third-order valence-electron chi connectivity index (χ3n) is 14.6. The van der Waals surface area contributed by atoms with E-state index in [1.165, 1.54) is 57.6 Å². The summed E-state index contributed by atoms with van der Waals surface area (Å²) in [4.78, 5) is 51.6. The smallest absolute Gasteiger partial charge is 0.681 e. The number of carbonyl (C=O) groups is 3. The predicted molar refractivity (Wildman–Crippen MR) is 264 cm³/mol. The van der Waals surface area contributed by atoms with Crippen LogP contribution in [-0.4, -0.2) is 60.5 Å². The predicted octanol–water partition coefficient (Wildman–Crippen LogP) is 10.8. The van der Waals surface area contributed by atoms with Gasteiger partial charge in [-0.3, -0.25) is 14.4 Å². The molecule has 5 heterocycles. The Kier molecular flexibility index (Phi) is 18.5. The van der Waals surface area contributed by atoms with Crippen LogP contribution in [0.25, 0.3) is 28.4 Å². The van der Waals surface area contributed by atoms with Gasteiger partial charge in [0.25, 0.3) is 0 Å². The van der Waals surface area contributed by atoms with Crippen LogP contribution in [0.2, 0.25) is 0 Å². The number of Topliss-reactive ketones (excluding diaryl/α,β-unsaturated/α-hetero) is 1. The molecule has 4 aliphatic rings. The van der Waals surface area contributed by atoms with E-state index in [-0.39, 0.29) is 71.6 Å². The standard InChI is InChI=1S/C55H75N4O5.Mg/c1-13-39-35(8)42-28-44-37(10)41(24-25-48(60)64-27-26-34(7)23-17-22-33(6)21-16-20-32(5)19-15-18-31(3)4)52(58-44)50-51(55(62)63-12)54(61)49-38(11)45(59-53(49)50)30-47-40(14-2)36(9)43(57-47)29-46(39)56-42;/h13,26,28-33,35,37,41,44,51H,1,14-25,27H2,2-12H3,(H-,58,59,61);/q-3;+2/p-1/b34-26+,42-28-,43-29-,47-30-;/t32-,33-,35?,37+,41+,44?,51-;/m1./s1. The Bertz CT molecular complexity index is 2340. The topological polar surface area (TPSA) is 126 Å². The molecule has 0 N–H and O–H groups in total. The average Bonchev–Trinajstić information content (AvgIpc) is 3.99. The van der Waals surface area contributed by atoms with Gasteiger partial charge in [-0.1, -0.05) is 158 Å². The SMILES string of the molecule is C=CC1=C2/C=c3\[n-]/c(c(CC)c3C)=C\c3[n-]c4c(c3C)C(=O)[C@H](C(=O)OC)/C4=C3/[N-]C(/C=C(\[N-]2)C1C)[C@@H](C)[C@@H]3CCC(=O)OC/C=C(\C)CCC[C@H](C)CCC[C@H](C)CCCC(C)C.[Mg+2]. The maximum Gasteiger partial charge on any atom is 2.00 e. The van der Waals surface area contributed by atoms with Gasteiger partial charge in [-0.15, -0.1) is 33.9 Å². The van der Waals surface area contributed by atoms with Crippen LogP contribution in [0, 0.1) is 55.3 Å². The van der Waals surface area contributed by atoms with Crippen LogP contribution >= 0.6 is 0 Å². The fourth-order valence-corrected chi connectivity index (χ4v) is 10.4. The van der Waals surface area contributed by atoms with Crippen molar-refractivity contribution in [3.63, 3.8) is 0 Å². The molecule has 0 radical (unpaired) electrons. The maximum absolute atomic E-state index is 14.4. The molecule has 2 unspecified atom stereocenters. The molecule has 0 amide bonds. The summed E-state index contributed by atoms with van der Waals surface area (Å²) in [5.74, 6) is -0.540. The van der Waals surface area contributed by atoms with E-state index < -0.39 is 11.9 Å². The number of fused-ring (bicyclic) bond motifs is 7. The second-order valence-corrected chi connectivity index (χ2v) is 19.8. The van der Waals surface area contributed by atoms with Gasteiger partial charge in [-0.2, -0.15) is 11.4 Å². The van der Waals surface area contributed by atoms with Crippen LogP contribution in [0.4, 0.5) is 0 Å². The Labute approximate surface area is 405 Å². The van der Waals surface area contributed by atoms with Crippen LogP contribution in [0.3, 0.4) is 0 Å². The molecular formula is C55H74MgN4O5-2. The summed E-state index contributed by atoms with van der Waals surface area (Å²) in [6, 6.07) is -0.337. The summed E-state index contributed by atoms with van der Waals surface area (Å²) >= 11 is 0. The second kappa shape index (κ2) is 23.1. The minimum Gasteiger partial charge on any atom is -0.681 e. The fourth-order valence-electron chi connectivity index (χ4n) is 10.4. The number of esters is 2. The molecule has 10 heteroatoms. The number of ketones is 1. The number of allylic oxidation sites excluding steroid dienone is 5. The molecule has 0 spiro atoms. The summed E-state index contributed by atoms with van der Waals surface area (Å²) in [5, 5.41) is 12.1. The van der Waals surface area contributed by atoms with Gasteiger partial charge in [0.2, 0.25) is 0 Å². The molecular weight excluding hydrogens is 821 g/mol. The molecule has 0 saturated carbocycles. The van der Waals surface area contributed by atoms with E-state index in [1.54, 1.807) is 0 Å². The van der Waals surface area contributed by atoms with E-state index >= 15 is 0 Å². The Morgan fingerprint density at radius 3 is 2.23 bits per heavy atom. The quantitative estimate of drug-likeness (QED) is 0.0561. The maximum atomic E-state index is 14.4. The third-order valence-corrected chi connectivity index (χ3v) is 14.6. The van der Waals surface area contributed by atoms with Gasteiger partial charge < -0.3 is 30.1 Å². The first kappa shape index (κ1) is 52.0. The van der Waals surface area contributed by atoms with Crippen LogP contribution in [0.1, 0.15) is 164 Å². The molecule has 2 aromatic rings. The molecule has 0 aromatic carbocycles. The number of hydrogen-bond acceptors (Lipinski definition) is 5. The van der Waals surface area contributed by atoms with Gasteiger partial charge in [-0.25, -0.2) is 0 Å². The Balaban J connectivity index is 0.00000793. The van der Waals surface area contributed by atoms with E-state index in [1.807, 2.05) is 31.2 Å². The molecule has 8 bridgehead atoms. The number of methoxy groups -OCH3 is 1. The number of carbonyl (C=O) groups excluding carboxylic acids is 3. The average molecular weight is 896 g/mol. The van der Waals surface area contributed by atoms with Crippen molar-refractivity contribution in [2.24, 2.45) is 41.4 Å². The first-order valence-corrected chi connectivity index (χ1v) is 24.3. The number of nitrogens with zero attached hydrogens (tertiary/aromatic N) is 4. The van der Waals surface area contributed by atoms with Crippen molar-refractivity contribution in [3.05, 3.63) is 108 Å². The summed E-state index contributed by atoms with van der Waals surface area (Å²) in [6.07, 6.45) is 22.7.